The molecule has 1 fully saturated rings. The molecular formula is C18H28N4O3. The number of ether oxygens (including phenoxy) is 2. The van der Waals surface area contributed by atoms with Gasteiger partial charge in [-0.15, -0.1) is 0 Å². The van der Waals surface area contributed by atoms with Crippen molar-refractivity contribution >= 4 is 17.0 Å². The first-order valence-corrected chi connectivity index (χ1v) is 8.94. The number of hydrogen-bond acceptors (Lipinski definition) is 6. The second kappa shape index (κ2) is 7.93. The third-order valence-corrected chi connectivity index (χ3v) is 4.60. The summed E-state index contributed by atoms with van der Waals surface area (Å²) >= 11 is 0. The summed E-state index contributed by atoms with van der Waals surface area (Å²) in [5, 5.41) is 13.5. The highest BCUT2D eigenvalue weighted by Crippen LogP contribution is 2.33. The molecule has 2 heterocycles. The standard InChI is InChI=1S/C18H28N4O3/c1-4-19-18-20-14-9-17(16(24-3)10-15(14)21(18)2)25-12-13(23)11-22-7-5-6-8-22/h9-10,13,23H,4-8,11-12H2,1-3H3,(H,19,20)/t13-/m1/s1. The number of anilines is 1. The van der Waals surface area contributed by atoms with Gasteiger partial charge in [0.2, 0.25) is 5.95 Å². The highest BCUT2D eigenvalue weighted by atomic mass is 16.5. The maximum atomic E-state index is 10.2. The van der Waals surface area contributed by atoms with Crippen LogP contribution in [0.2, 0.25) is 0 Å². The first-order valence-electron chi connectivity index (χ1n) is 8.94. The number of hydrogen-bond donors (Lipinski definition) is 2. The molecule has 3 rings (SSSR count). The predicted molar refractivity (Wildman–Crippen MR) is 98.6 cm³/mol. The van der Waals surface area contributed by atoms with Crippen molar-refractivity contribution in [3.63, 3.8) is 0 Å². The molecule has 0 aliphatic carbocycles. The van der Waals surface area contributed by atoms with Gasteiger partial charge in [0, 0.05) is 32.3 Å². The van der Waals surface area contributed by atoms with Crippen molar-refractivity contribution in [1.82, 2.24) is 14.5 Å². The van der Waals surface area contributed by atoms with Crippen LogP contribution in [0.15, 0.2) is 12.1 Å². The van der Waals surface area contributed by atoms with Crippen LogP contribution in [0.4, 0.5) is 5.95 Å². The number of nitrogens with one attached hydrogen (secondary N) is 1. The van der Waals surface area contributed by atoms with Gasteiger partial charge in [-0.05, 0) is 32.9 Å². The number of fused-ring (bicyclic) bond motifs is 1. The smallest absolute Gasteiger partial charge is 0.203 e. The summed E-state index contributed by atoms with van der Waals surface area (Å²) < 4.78 is 13.3. The van der Waals surface area contributed by atoms with Crippen LogP contribution in [0.25, 0.3) is 11.0 Å². The molecule has 0 saturated carbocycles. The van der Waals surface area contributed by atoms with Crippen molar-refractivity contribution in [2.75, 3.05) is 45.2 Å². The predicted octanol–water partition coefficient (Wildman–Crippen LogP) is 1.85. The van der Waals surface area contributed by atoms with E-state index in [2.05, 4.69) is 15.2 Å². The summed E-state index contributed by atoms with van der Waals surface area (Å²) in [5.41, 5.74) is 1.81. The zero-order valence-electron chi connectivity index (χ0n) is 15.3. The van der Waals surface area contributed by atoms with Crippen LogP contribution < -0.4 is 14.8 Å². The first kappa shape index (κ1) is 17.8. The van der Waals surface area contributed by atoms with Crippen LogP contribution in [-0.4, -0.2) is 65.6 Å². The van der Waals surface area contributed by atoms with E-state index in [1.807, 2.05) is 30.7 Å². The number of aliphatic hydroxyl groups excluding tert-OH is 1. The lowest BCUT2D eigenvalue weighted by Gasteiger charge is -2.20. The number of nitrogens with zero attached hydrogens (tertiary/aromatic N) is 3. The molecule has 1 aromatic carbocycles. The van der Waals surface area contributed by atoms with Gasteiger partial charge in [0.1, 0.15) is 12.7 Å². The Morgan fingerprint density at radius 1 is 1.28 bits per heavy atom. The second-order valence-corrected chi connectivity index (χ2v) is 6.49. The fraction of sp³-hybridized carbons (Fsp3) is 0.611. The molecule has 25 heavy (non-hydrogen) atoms. The maximum absolute atomic E-state index is 10.2. The number of aliphatic hydroxyl groups is 1. The Hall–Kier alpha value is -1.99. The molecule has 2 N–H and O–H groups in total. The molecule has 0 spiro atoms. The van der Waals surface area contributed by atoms with E-state index in [9.17, 15) is 5.11 Å². The molecule has 0 amide bonds. The SMILES string of the molecule is CCNc1nc2cc(OC[C@H](O)CN3CCCC3)c(OC)cc2n1C. The molecule has 1 atom stereocenters. The zero-order chi connectivity index (χ0) is 17.8. The van der Waals surface area contributed by atoms with Gasteiger partial charge in [-0.25, -0.2) is 4.98 Å². The lowest BCUT2D eigenvalue weighted by molar-refractivity contribution is 0.0747. The van der Waals surface area contributed by atoms with Crippen molar-refractivity contribution < 1.29 is 14.6 Å². The summed E-state index contributed by atoms with van der Waals surface area (Å²) in [6.07, 6.45) is 1.91. The number of methoxy groups -OCH3 is 1. The van der Waals surface area contributed by atoms with Gasteiger partial charge in [0.05, 0.1) is 18.1 Å². The van der Waals surface area contributed by atoms with Crippen molar-refractivity contribution in [2.45, 2.75) is 25.9 Å². The summed E-state index contributed by atoms with van der Waals surface area (Å²) in [6.45, 7) is 5.86. The Labute approximate surface area is 148 Å². The van der Waals surface area contributed by atoms with E-state index in [1.165, 1.54) is 12.8 Å². The molecule has 2 aromatic rings. The molecule has 0 radical (unpaired) electrons. The molecule has 0 unspecified atom stereocenters. The molecule has 1 saturated heterocycles. The van der Waals surface area contributed by atoms with Gasteiger partial charge in [-0.1, -0.05) is 0 Å². The minimum absolute atomic E-state index is 0.241. The Balaban J connectivity index is 1.73. The summed E-state index contributed by atoms with van der Waals surface area (Å²) in [4.78, 5) is 6.87. The minimum atomic E-state index is -0.514. The normalized spacial score (nSPS) is 16.3. The third kappa shape index (κ3) is 3.99. The Morgan fingerprint density at radius 2 is 2.04 bits per heavy atom. The molecule has 0 bridgehead atoms. The Kier molecular flexibility index (Phi) is 5.65. The topological polar surface area (TPSA) is 71.8 Å². The van der Waals surface area contributed by atoms with Gasteiger partial charge < -0.3 is 29.4 Å². The van der Waals surface area contributed by atoms with E-state index < -0.39 is 6.10 Å². The fourth-order valence-electron chi connectivity index (χ4n) is 3.29. The quantitative estimate of drug-likeness (QED) is 0.759. The van der Waals surface area contributed by atoms with Crippen molar-refractivity contribution in [3.05, 3.63) is 12.1 Å². The third-order valence-electron chi connectivity index (χ3n) is 4.60. The summed E-state index contributed by atoms with van der Waals surface area (Å²) in [7, 11) is 3.59. The monoisotopic (exact) mass is 348 g/mol. The Bertz CT molecular complexity index is 710. The van der Waals surface area contributed by atoms with Crippen molar-refractivity contribution in [2.24, 2.45) is 7.05 Å². The first-order chi connectivity index (χ1) is 12.1. The molecular weight excluding hydrogens is 320 g/mol. The summed E-state index contributed by atoms with van der Waals surface area (Å²) in [6, 6.07) is 3.79. The average Bonchev–Trinajstić information content (AvgIpc) is 3.21. The lowest BCUT2D eigenvalue weighted by Crippen LogP contribution is -2.33. The van der Waals surface area contributed by atoms with Crippen molar-refractivity contribution in [1.29, 1.82) is 0 Å². The van der Waals surface area contributed by atoms with Gasteiger partial charge in [0.15, 0.2) is 11.5 Å². The maximum Gasteiger partial charge on any atom is 0.203 e. The van der Waals surface area contributed by atoms with Crippen LogP contribution >= 0.6 is 0 Å². The molecule has 1 aromatic heterocycles. The number of likely N-dealkylation sites (tertiary alicyclic amines) is 1. The van der Waals surface area contributed by atoms with Gasteiger partial charge in [-0.2, -0.15) is 0 Å². The number of rotatable bonds is 8. The molecule has 138 valence electrons. The van der Waals surface area contributed by atoms with Crippen LogP contribution in [0, 0.1) is 0 Å². The van der Waals surface area contributed by atoms with Gasteiger partial charge >= 0.3 is 0 Å². The number of benzene rings is 1. The van der Waals surface area contributed by atoms with E-state index >= 15 is 0 Å². The molecule has 1 aliphatic heterocycles. The van der Waals surface area contributed by atoms with Crippen molar-refractivity contribution in [3.8, 4) is 11.5 Å². The average molecular weight is 348 g/mol. The minimum Gasteiger partial charge on any atom is -0.493 e. The number of β-amino-alcohol motifs (C(OH)–C–C–N with tert-alkyl or cyclic N) is 1. The highest BCUT2D eigenvalue weighted by molar-refractivity contribution is 5.82. The van der Waals surface area contributed by atoms with E-state index in [1.54, 1.807) is 7.11 Å². The molecule has 1 aliphatic rings. The van der Waals surface area contributed by atoms with Crippen LogP contribution in [-0.2, 0) is 7.05 Å². The highest BCUT2D eigenvalue weighted by Gasteiger charge is 2.18. The molecule has 7 heteroatoms. The van der Waals surface area contributed by atoms with E-state index in [4.69, 9.17) is 9.47 Å². The second-order valence-electron chi connectivity index (χ2n) is 6.49. The van der Waals surface area contributed by atoms with Crippen LogP contribution in [0.1, 0.15) is 19.8 Å². The van der Waals surface area contributed by atoms with E-state index in [-0.39, 0.29) is 6.61 Å². The van der Waals surface area contributed by atoms with E-state index in [0.717, 1.165) is 36.6 Å². The number of aromatic nitrogens is 2. The fourth-order valence-corrected chi connectivity index (χ4v) is 3.29. The van der Waals surface area contributed by atoms with Gasteiger partial charge in [0.25, 0.3) is 0 Å². The van der Waals surface area contributed by atoms with Gasteiger partial charge in [-0.3, -0.25) is 0 Å². The summed E-state index contributed by atoms with van der Waals surface area (Å²) in [5.74, 6) is 2.06. The van der Waals surface area contributed by atoms with E-state index in [0.29, 0.717) is 18.0 Å². The van der Waals surface area contributed by atoms with Crippen LogP contribution in [0.3, 0.4) is 0 Å². The number of aryl methyl sites for hydroxylation is 1. The Morgan fingerprint density at radius 3 is 2.72 bits per heavy atom. The largest absolute Gasteiger partial charge is 0.493 e. The number of imidazole rings is 1. The molecule has 7 nitrogen and oxygen atoms in total. The lowest BCUT2D eigenvalue weighted by atomic mass is 10.2. The zero-order valence-corrected chi connectivity index (χ0v) is 15.3. The van der Waals surface area contributed by atoms with Crippen LogP contribution in [0.5, 0.6) is 11.5 Å².